The van der Waals surface area contributed by atoms with Gasteiger partial charge in [-0.1, -0.05) is 60.7 Å². The molecule has 0 aromatic heterocycles. The summed E-state index contributed by atoms with van der Waals surface area (Å²) < 4.78 is 5.36. The third-order valence-corrected chi connectivity index (χ3v) is 5.70. The lowest BCUT2D eigenvalue weighted by molar-refractivity contribution is -0.130. The van der Waals surface area contributed by atoms with Crippen LogP contribution in [0.15, 0.2) is 97.1 Å². The summed E-state index contributed by atoms with van der Waals surface area (Å²) >= 11 is 0. The van der Waals surface area contributed by atoms with Crippen molar-refractivity contribution in [3.05, 3.63) is 97.1 Å². The maximum absolute atomic E-state index is 13.9. The van der Waals surface area contributed by atoms with E-state index in [1.807, 2.05) is 84.9 Å². The molecule has 2 unspecified atom stereocenters. The Morgan fingerprint density at radius 2 is 1.31 bits per heavy atom. The van der Waals surface area contributed by atoms with Gasteiger partial charge in [0.1, 0.15) is 5.75 Å². The number of carbonyl (C=O) groups excluding carboxylic acids is 2. The van der Waals surface area contributed by atoms with E-state index < -0.39 is 11.8 Å². The Morgan fingerprint density at radius 1 is 0.781 bits per heavy atom. The Morgan fingerprint density at radius 3 is 1.91 bits per heavy atom. The van der Waals surface area contributed by atoms with Gasteiger partial charge >= 0.3 is 0 Å². The molecule has 4 rings (SSSR count). The highest BCUT2D eigenvalue weighted by Crippen LogP contribution is 2.35. The molecule has 3 aromatic carbocycles. The molecule has 32 heavy (non-hydrogen) atoms. The quantitative estimate of drug-likeness (QED) is 0.524. The molecular weight excluding hydrogens is 400 g/mol. The number of benzene rings is 3. The largest absolute Gasteiger partial charge is 0.495 e. The van der Waals surface area contributed by atoms with Crippen molar-refractivity contribution in [2.24, 2.45) is 11.8 Å². The first kappa shape index (κ1) is 21.4. The van der Waals surface area contributed by atoms with Gasteiger partial charge in [-0.25, -0.2) is 0 Å². The van der Waals surface area contributed by atoms with Gasteiger partial charge < -0.3 is 10.1 Å². The summed E-state index contributed by atoms with van der Waals surface area (Å²) in [6, 6.07) is 26.4. The SMILES string of the molecule is COc1ccccc1NC(=O)C1CC=CCC1C(=O)N(c1ccccc1)c1ccccc1. The van der Waals surface area contributed by atoms with E-state index in [1.165, 1.54) is 0 Å². The zero-order chi connectivity index (χ0) is 22.3. The molecule has 5 nitrogen and oxygen atoms in total. The van der Waals surface area contributed by atoms with Crippen molar-refractivity contribution in [3.8, 4) is 5.75 Å². The van der Waals surface area contributed by atoms with Crippen LogP contribution < -0.4 is 15.0 Å². The highest BCUT2D eigenvalue weighted by molar-refractivity contribution is 6.05. The molecule has 0 aliphatic heterocycles. The number of ether oxygens (including phenoxy) is 1. The van der Waals surface area contributed by atoms with Gasteiger partial charge in [-0.3, -0.25) is 14.5 Å². The predicted octanol–water partition coefficient (Wildman–Crippen LogP) is 5.58. The molecule has 1 N–H and O–H groups in total. The topological polar surface area (TPSA) is 58.6 Å². The minimum atomic E-state index is -0.479. The number of allylic oxidation sites excluding steroid dienone is 2. The summed E-state index contributed by atoms with van der Waals surface area (Å²) in [4.78, 5) is 28.9. The number of carbonyl (C=O) groups is 2. The van der Waals surface area contributed by atoms with Crippen LogP contribution in [-0.2, 0) is 9.59 Å². The molecule has 0 fully saturated rings. The van der Waals surface area contributed by atoms with Crippen molar-refractivity contribution in [1.29, 1.82) is 0 Å². The number of hydrogen-bond donors (Lipinski definition) is 1. The highest BCUT2D eigenvalue weighted by atomic mass is 16.5. The van der Waals surface area contributed by atoms with Crippen LogP contribution in [0.1, 0.15) is 12.8 Å². The maximum atomic E-state index is 13.9. The van der Waals surface area contributed by atoms with E-state index in [0.717, 1.165) is 11.4 Å². The van der Waals surface area contributed by atoms with Crippen LogP contribution in [0.25, 0.3) is 0 Å². The minimum Gasteiger partial charge on any atom is -0.495 e. The van der Waals surface area contributed by atoms with Gasteiger partial charge in [0.05, 0.1) is 24.6 Å². The first-order valence-corrected chi connectivity index (χ1v) is 10.7. The Labute approximate surface area is 188 Å². The van der Waals surface area contributed by atoms with Gasteiger partial charge in [0.25, 0.3) is 0 Å². The molecule has 0 saturated carbocycles. The van der Waals surface area contributed by atoms with Crippen molar-refractivity contribution in [1.82, 2.24) is 0 Å². The van der Waals surface area contributed by atoms with E-state index in [4.69, 9.17) is 4.74 Å². The van der Waals surface area contributed by atoms with Gasteiger partial charge in [-0.2, -0.15) is 0 Å². The van der Waals surface area contributed by atoms with Crippen LogP contribution in [0.2, 0.25) is 0 Å². The van der Waals surface area contributed by atoms with Crippen LogP contribution in [0.3, 0.4) is 0 Å². The molecule has 0 heterocycles. The van der Waals surface area contributed by atoms with E-state index >= 15 is 0 Å². The third kappa shape index (κ3) is 4.57. The van der Waals surface area contributed by atoms with Crippen molar-refractivity contribution in [2.75, 3.05) is 17.3 Å². The minimum absolute atomic E-state index is 0.0908. The highest BCUT2D eigenvalue weighted by Gasteiger charge is 2.37. The number of hydrogen-bond acceptors (Lipinski definition) is 3. The predicted molar refractivity (Wildman–Crippen MR) is 127 cm³/mol. The number of methoxy groups -OCH3 is 1. The van der Waals surface area contributed by atoms with Crippen LogP contribution in [0, 0.1) is 11.8 Å². The Balaban J connectivity index is 1.64. The zero-order valence-corrected chi connectivity index (χ0v) is 18.0. The van der Waals surface area contributed by atoms with Gasteiger partial charge in [-0.15, -0.1) is 0 Å². The Kier molecular flexibility index (Phi) is 6.66. The molecule has 5 heteroatoms. The molecule has 0 bridgehead atoms. The molecular formula is C27H26N2O3. The molecule has 0 spiro atoms. The van der Waals surface area contributed by atoms with Gasteiger partial charge in [0.15, 0.2) is 0 Å². The average Bonchev–Trinajstić information content (AvgIpc) is 2.86. The fraction of sp³-hybridized carbons (Fsp3) is 0.185. The number of nitrogens with one attached hydrogen (secondary N) is 1. The summed E-state index contributed by atoms with van der Waals surface area (Å²) in [5.41, 5.74) is 2.16. The third-order valence-electron chi connectivity index (χ3n) is 5.70. The lowest BCUT2D eigenvalue weighted by atomic mass is 9.81. The molecule has 2 atom stereocenters. The second-order valence-electron chi connectivity index (χ2n) is 7.69. The number of rotatable bonds is 6. The summed E-state index contributed by atoms with van der Waals surface area (Å²) in [5, 5.41) is 2.97. The smallest absolute Gasteiger partial charge is 0.235 e. The van der Waals surface area contributed by atoms with E-state index in [9.17, 15) is 9.59 Å². The normalized spacial score (nSPS) is 17.4. The Hall–Kier alpha value is -3.86. The molecule has 1 aliphatic rings. The monoisotopic (exact) mass is 426 g/mol. The number of amides is 2. The summed E-state index contributed by atoms with van der Waals surface area (Å²) in [5.74, 6) is -0.641. The lowest BCUT2D eigenvalue weighted by Gasteiger charge is -2.32. The molecule has 2 amide bonds. The van der Waals surface area contributed by atoms with Crippen LogP contribution >= 0.6 is 0 Å². The summed E-state index contributed by atoms with van der Waals surface area (Å²) in [7, 11) is 1.57. The number of para-hydroxylation sites is 4. The van der Waals surface area contributed by atoms with Crippen molar-refractivity contribution in [2.45, 2.75) is 12.8 Å². The van der Waals surface area contributed by atoms with Crippen molar-refractivity contribution < 1.29 is 14.3 Å². The summed E-state index contributed by atoms with van der Waals surface area (Å²) in [6.07, 6.45) is 4.99. The molecule has 162 valence electrons. The zero-order valence-electron chi connectivity index (χ0n) is 18.0. The van der Waals surface area contributed by atoms with Gasteiger partial charge in [0.2, 0.25) is 11.8 Å². The van der Waals surface area contributed by atoms with Crippen molar-refractivity contribution >= 4 is 28.9 Å². The second kappa shape index (κ2) is 9.96. The molecule has 1 aliphatic carbocycles. The number of nitrogens with zero attached hydrogens (tertiary/aromatic N) is 1. The Bertz CT molecular complexity index is 1060. The fourth-order valence-corrected chi connectivity index (χ4v) is 4.07. The van der Waals surface area contributed by atoms with Crippen molar-refractivity contribution in [3.63, 3.8) is 0 Å². The lowest BCUT2D eigenvalue weighted by Crippen LogP contribution is -2.41. The van der Waals surface area contributed by atoms with Crippen LogP contribution in [0.5, 0.6) is 5.75 Å². The maximum Gasteiger partial charge on any atom is 0.235 e. The van der Waals surface area contributed by atoms with Gasteiger partial charge in [0, 0.05) is 11.4 Å². The number of anilines is 3. The van der Waals surface area contributed by atoms with E-state index in [2.05, 4.69) is 5.32 Å². The molecule has 0 saturated heterocycles. The van der Waals surface area contributed by atoms with E-state index in [1.54, 1.807) is 24.1 Å². The van der Waals surface area contributed by atoms with Crippen LogP contribution in [0.4, 0.5) is 17.1 Å². The van der Waals surface area contributed by atoms with Gasteiger partial charge in [-0.05, 0) is 49.2 Å². The first-order chi connectivity index (χ1) is 15.7. The standard InChI is InChI=1S/C27H26N2O3/c1-32-25-19-11-10-18-24(25)28-26(30)22-16-8-9-17-23(22)27(31)29(20-12-4-2-5-13-20)21-14-6-3-7-15-21/h2-15,18-19,22-23H,16-17H2,1H3,(H,28,30). The van der Waals surface area contributed by atoms with Crippen LogP contribution in [-0.4, -0.2) is 18.9 Å². The fourth-order valence-electron chi connectivity index (χ4n) is 4.07. The average molecular weight is 427 g/mol. The van der Waals surface area contributed by atoms with E-state index in [0.29, 0.717) is 24.3 Å². The second-order valence-corrected chi connectivity index (χ2v) is 7.69. The first-order valence-electron chi connectivity index (χ1n) is 10.7. The molecule has 0 radical (unpaired) electrons. The molecule has 3 aromatic rings. The summed E-state index contributed by atoms with van der Waals surface area (Å²) in [6.45, 7) is 0. The van der Waals surface area contributed by atoms with E-state index in [-0.39, 0.29) is 11.8 Å².